The molecule has 0 atom stereocenters. The average molecular weight is 486 g/mol. The maximum absolute atomic E-state index is 13.2. The van der Waals surface area contributed by atoms with Crippen molar-refractivity contribution in [3.63, 3.8) is 0 Å². The fourth-order valence-electron chi connectivity index (χ4n) is 4.54. The zero-order valence-electron chi connectivity index (χ0n) is 20.4. The van der Waals surface area contributed by atoms with Gasteiger partial charge in [-0.15, -0.1) is 0 Å². The van der Waals surface area contributed by atoms with E-state index in [0.29, 0.717) is 44.8 Å². The van der Waals surface area contributed by atoms with Gasteiger partial charge in [-0.3, -0.25) is 4.79 Å². The van der Waals surface area contributed by atoms with E-state index in [1.807, 2.05) is 13.0 Å². The number of rotatable bonds is 5. The highest BCUT2D eigenvalue weighted by atomic mass is 32.2. The Balaban J connectivity index is 1.45. The molecule has 2 fully saturated rings. The van der Waals surface area contributed by atoms with Crippen molar-refractivity contribution in [2.75, 3.05) is 44.2 Å². The highest BCUT2D eigenvalue weighted by molar-refractivity contribution is 7.89. The van der Waals surface area contributed by atoms with Crippen LogP contribution in [-0.2, 0) is 10.0 Å². The van der Waals surface area contributed by atoms with E-state index in [1.54, 1.807) is 27.4 Å². The first kappa shape index (κ1) is 24.6. The van der Waals surface area contributed by atoms with E-state index in [2.05, 4.69) is 23.7 Å². The van der Waals surface area contributed by atoms with E-state index < -0.39 is 10.0 Å². The molecular formula is C25H35N5O3S. The maximum atomic E-state index is 13.2. The predicted molar refractivity (Wildman–Crippen MR) is 133 cm³/mol. The Morgan fingerprint density at radius 1 is 0.912 bits per heavy atom. The molecular weight excluding hydrogens is 450 g/mol. The molecule has 184 valence electrons. The van der Waals surface area contributed by atoms with Crippen molar-refractivity contribution in [1.82, 2.24) is 19.2 Å². The van der Waals surface area contributed by atoms with E-state index in [4.69, 9.17) is 4.98 Å². The second-order valence-electron chi connectivity index (χ2n) is 9.51. The first-order valence-electron chi connectivity index (χ1n) is 12.3. The van der Waals surface area contributed by atoms with Crippen LogP contribution < -0.4 is 4.90 Å². The second-order valence-corrected chi connectivity index (χ2v) is 11.4. The largest absolute Gasteiger partial charge is 0.353 e. The molecule has 0 saturated carbocycles. The number of carbonyl (C=O) groups excluding carboxylic acids is 1. The number of nitrogens with zero attached hydrogens (tertiary/aromatic N) is 5. The number of sulfonamides is 1. The molecule has 3 heterocycles. The molecule has 2 aromatic rings. The molecule has 0 bridgehead atoms. The fourth-order valence-corrected chi connectivity index (χ4v) is 6.10. The van der Waals surface area contributed by atoms with E-state index in [9.17, 15) is 13.2 Å². The molecule has 1 aromatic carbocycles. The molecule has 4 rings (SSSR count). The number of benzene rings is 1. The van der Waals surface area contributed by atoms with Gasteiger partial charge in [-0.25, -0.2) is 18.4 Å². The lowest BCUT2D eigenvalue weighted by atomic mass is 10.1. The third-order valence-corrected chi connectivity index (χ3v) is 8.44. The van der Waals surface area contributed by atoms with Gasteiger partial charge >= 0.3 is 0 Å². The molecule has 1 aromatic heterocycles. The summed E-state index contributed by atoms with van der Waals surface area (Å²) in [6.45, 7) is 9.68. The van der Waals surface area contributed by atoms with Crippen LogP contribution in [-0.4, -0.2) is 72.8 Å². The smallest absolute Gasteiger partial charge is 0.254 e. The third-order valence-electron chi connectivity index (χ3n) is 6.55. The van der Waals surface area contributed by atoms with Crippen molar-refractivity contribution >= 4 is 21.7 Å². The predicted octanol–water partition coefficient (Wildman–Crippen LogP) is 3.44. The van der Waals surface area contributed by atoms with Crippen molar-refractivity contribution in [3.05, 3.63) is 47.4 Å². The monoisotopic (exact) mass is 485 g/mol. The number of carbonyl (C=O) groups is 1. The maximum Gasteiger partial charge on any atom is 0.254 e. The normalized spacial score (nSPS) is 18.2. The molecule has 1 amide bonds. The van der Waals surface area contributed by atoms with Gasteiger partial charge in [-0.2, -0.15) is 4.31 Å². The van der Waals surface area contributed by atoms with Crippen LogP contribution in [0.4, 0.5) is 5.82 Å². The molecule has 2 aliphatic rings. The molecule has 0 unspecified atom stereocenters. The number of hydrogen-bond donors (Lipinski definition) is 0. The minimum Gasteiger partial charge on any atom is -0.353 e. The average Bonchev–Trinajstić information content (AvgIpc) is 3.14. The van der Waals surface area contributed by atoms with Crippen LogP contribution in [0.25, 0.3) is 0 Å². The molecule has 34 heavy (non-hydrogen) atoms. The van der Waals surface area contributed by atoms with Crippen molar-refractivity contribution in [2.45, 2.75) is 57.3 Å². The van der Waals surface area contributed by atoms with Gasteiger partial charge in [0.1, 0.15) is 11.6 Å². The van der Waals surface area contributed by atoms with Crippen molar-refractivity contribution in [3.8, 4) is 0 Å². The summed E-state index contributed by atoms with van der Waals surface area (Å²) in [5.74, 6) is 1.85. The van der Waals surface area contributed by atoms with Gasteiger partial charge in [0, 0.05) is 62.5 Å². The summed E-state index contributed by atoms with van der Waals surface area (Å²) in [4.78, 5) is 26.6. The van der Waals surface area contributed by atoms with Crippen molar-refractivity contribution in [1.29, 1.82) is 0 Å². The number of amides is 1. The first-order valence-corrected chi connectivity index (χ1v) is 13.7. The second kappa shape index (κ2) is 10.4. The zero-order chi connectivity index (χ0) is 24.3. The van der Waals surface area contributed by atoms with E-state index in [0.717, 1.165) is 43.0 Å². The zero-order valence-corrected chi connectivity index (χ0v) is 21.2. The lowest BCUT2D eigenvalue weighted by molar-refractivity contribution is 0.0746. The van der Waals surface area contributed by atoms with Crippen LogP contribution in [0.3, 0.4) is 0 Å². The fraction of sp³-hybridized carbons (Fsp3) is 0.560. The SMILES string of the molecule is Cc1cc(N2CCN(C(=O)c3cccc(S(=O)(=O)N4CCCCCC4)c3)CC2)nc(C(C)C)n1. The van der Waals surface area contributed by atoms with Crippen LogP contribution in [0.15, 0.2) is 35.2 Å². The molecule has 0 spiro atoms. The number of anilines is 1. The van der Waals surface area contributed by atoms with Crippen LogP contribution in [0.1, 0.15) is 67.3 Å². The highest BCUT2D eigenvalue weighted by Crippen LogP contribution is 2.23. The Hall–Kier alpha value is -2.52. The first-order chi connectivity index (χ1) is 16.3. The lowest BCUT2D eigenvalue weighted by Gasteiger charge is -2.35. The van der Waals surface area contributed by atoms with Gasteiger partial charge in [-0.05, 0) is 38.0 Å². The van der Waals surface area contributed by atoms with Crippen LogP contribution >= 0.6 is 0 Å². The topological polar surface area (TPSA) is 86.7 Å². The van der Waals surface area contributed by atoms with Gasteiger partial charge in [-0.1, -0.05) is 32.8 Å². The Labute approximate surface area is 203 Å². The van der Waals surface area contributed by atoms with Crippen LogP contribution in [0.2, 0.25) is 0 Å². The summed E-state index contributed by atoms with van der Waals surface area (Å²) in [6.07, 6.45) is 3.88. The van der Waals surface area contributed by atoms with Crippen LogP contribution in [0, 0.1) is 6.92 Å². The van der Waals surface area contributed by atoms with E-state index in [1.165, 1.54) is 6.07 Å². The molecule has 2 aliphatic heterocycles. The van der Waals surface area contributed by atoms with Gasteiger partial charge in [0.05, 0.1) is 4.90 Å². The van der Waals surface area contributed by atoms with Gasteiger partial charge in [0.2, 0.25) is 10.0 Å². The minimum absolute atomic E-state index is 0.130. The highest BCUT2D eigenvalue weighted by Gasteiger charge is 2.28. The summed E-state index contributed by atoms with van der Waals surface area (Å²) in [7, 11) is -3.59. The summed E-state index contributed by atoms with van der Waals surface area (Å²) < 4.78 is 27.9. The lowest BCUT2D eigenvalue weighted by Crippen LogP contribution is -2.49. The molecule has 0 N–H and O–H groups in total. The van der Waals surface area contributed by atoms with Gasteiger partial charge in [0.15, 0.2) is 0 Å². The Morgan fingerprint density at radius 2 is 1.59 bits per heavy atom. The number of aryl methyl sites for hydroxylation is 1. The van der Waals surface area contributed by atoms with Gasteiger partial charge in [0.25, 0.3) is 5.91 Å². The van der Waals surface area contributed by atoms with E-state index >= 15 is 0 Å². The molecule has 9 heteroatoms. The Kier molecular flexibility index (Phi) is 7.52. The molecule has 8 nitrogen and oxygen atoms in total. The van der Waals surface area contributed by atoms with Crippen molar-refractivity contribution < 1.29 is 13.2 Å². The summed E-state index contributed by atoms with van der Waals surface area (Å²) in [6, 6.07) is 8.50. The van der Waals surface area contributed by atoms with E-state index in [-0.39, 0.29) is 16.7 Å². The summed E-state index contributed by atoms with van der Waals surface area (Å²) >= 11 is 0. The number of hydrogen-bond acceptors (Lipinski definition) is 6. The number of piperazine rings is 1. The quantitative estimate of drug-likeness (QED) is 0.645. The standard InChI is InChI=1S/C25H35N5O3S/c1-19(2)24-26-20(3)17-23(27-24)28-13-15-29(16-14-28)25(31)21-9-8-10-22(18-21)34(32,33)30-11-6-4-5-7-12-30/h8-10,17-19H,4-7,11-16H2,1-3H3. The third kappa shape index (κ3) is 5.41. The number of aromatic nitrogens is 2. The van der Waals surface area contributed by atoms with Crippen LogP contribution in [0.5, 0.6) is 0 Å². The summed E-state index contributed by atoms with van der Waals surface area (Å²) in [5, 5.41) is 0. The summed E-state index contributed by atoms with van der Waals surface area (Å²) in [5.41, 5.74) is 1.36. The van der Waals surface area contributed by atoms with Crippen molar-refractivity contribution in [2.24, 2.45) is 0 Å². The molecule has 2 saturated heterocycles. The minimum atomic E-state index is -3.59. The Bertz CT molecular complexity index is 1120. The molecule has 0 aliphatic carbocycles. The Morgan fingerprint density at radius 3 is 2.24 bits per heavy atom. The van der Waals surface area contributed by atoms with Gasteiger partial charge < -0.3 is 9.80 Å². The molecule has 0 radical (unpaired) electrons.